The van der Waals surface area contributed by atoms with Crippen LogP contribution < -0.4 is 0 Å². The molecule has 0 amide bonds. The lowest BCUT2D eigenvalue weighted by molar-refractivity contribution is -0.448. The van der Waals surface area contributed by atoms with E-state index in [4.69, 9.17) is 0 Å². The molecule has 27 heavy (non-hydrogen) atoms. The fraction of sp³-hybridized carbons (Fsp3) is 0.900. The second-order valence-corrected chi connectivity index (χ2v) is 5.53. The second-order valence-electron chi connectivity index (χ2n) is 5.14. The molecule has 0 fully saturated rings. The normalized spacial score (nSPS) is 15.7. The summed E-state index contributed by atoms with van der Waals surface area (Å²) in [6.45, 7) is 0. The summed E-state index contributed by atoms with van der Waals surface area (Å²) in [6, 6.07) is 0. The Labute approximate surface area is 145 Å². The van der Waals surface area contributed by atoms with E-state index >= 15 is 0 Å². The molecule has 0 aromatic carbocycles. The maximum Gasteiger partial charge on any atom is 0.460 e. The van der Waals surface area contributed by atoms with Crippen LogP contribution in [0.25, 0.3) is 0 Å². The molecule has 0 radical (unpaired) electrons. The van der Waals surface area contributed by atoms with Crippen molar-refractivity contribution in [2.24, 2.45) is 0 Å². The summed E-state index contributed by atoms with van der Waals surface area (Å²) in [7, 11) is 0.823. The molecular formula is C10H6F15NS. The molecule has 0 unspecified atom stereocenters. The van der Waals surface area contributed by atoms with Crippen molar-refractivity contribution in [3.05, 3.63) is 0 Å². The molecule has 0 heterocycles. The van der Waals surface area contributed by atoms with Gasteiger partial charge in [0.15, 0.2) is 4.99 Å². The van der Waals surface area contributed by atoms with Gasteiger partial charge in [0.2, 0.25) is 0 Å². The zero-order valence-corrected chi connectivity index (χ0v) is 13.3. The van der Waals surface area contributed by atoms with Crippen molar-refractivity contribution in [3.63, 3.8) is 0 Å². The molecule has 0 N–H and O–H groups in total. The van der Waals surface area contributed by atoms with E-state index in [1.807, 2.05) is 0 Å². The van der Waals surface area contributed by atoms with Gasteiger partial charge in [0, 0.05) is 14.1 Å². The van der Waals surface area contributed by atoms with E-state index in [1.165, 1.54) is 0 Å². The summed E-state index contributed by atoms with van der Waals surface area (Å²) < 4.78 is 193. The number of nitrogens with zero attached hydrogens (tertiary/aromatic N) is 1. The highest BCUT2D eigenvalue weighted by atomic mass is 32.1. The molecule has 1 nitrogen and oxygen atoms in total. The van der Waals surface area contributed by atoms with Gasteiger partial charge in [-0.25, -0.2) is 0 Å². The SMILES string of the molecule is CN(C)C(=S)C(F)(F)C(F)(F)C(F)(F)C(F)(F)C(F)(F)C(F)(F)C(F)(F)F. The molecule has 0 aliphatic carbocycles. The van der Waals surface area contributed by atoms with E-state index < -0.39 is 46.7 Å². The molecule has 0 aliphatic rings. The van der Waals surface area contributed by atoms with Crippen molar-refractivity contribution in [1.29, 1.82) is 0 Å². The van der Waals surface area contributed by atoms with Crippen LogP contribution in [0.4, 0.5) is 65.9 Å². The minimum absolute atomic E-state index is 0.208. The smallest absolute Gasteiger partial charge is 0.367 e. The predicted molar refractivity (Wildman–Crippen MR) is 62.0 cm³/mol. The van der Waals surface area contributed by atoms with Gasteiger partial charge >= 0.3 is 41.7 Å². The molecule has 0 rings (SSSR count). The number of hydrogen-bond acceptors (Lipinski definition) is 1. The molecule has 0 aromatic heterocycles. The molecule has 0 atom stereocenters. The van der Waals surface area contributed by atoms with Gasteiger partial charge < -0.3 is 4.90 Å². The van der Waals surface area contributed by atoms with Gasteiger partial charge in [-0.15, -0.1) is 0 Å². The molecule has 162 valence electrons. The zero-order valence-electron chi connectivity index (χ0n) is 12.5. The maximum absolute atomic E-state index is 13.4. The van der Waals surface area contributed by atoms with Crippen LogP contribution in [0.1, 0.15) is 0 Å². The van der Waals surface area contributed by atoms with Crippen molar-refractivity contribution in [2.75, 3.05) is 14.1 Å². The van der Waals surface area contributed by atoms with Crippen LogP contribution in [-0.2, 0) is 0 Å². The van der Waals surface area contributed by atoms with Crippen molar-refractivity contribution < 1.29 is 65.9 Å². The van der Waals surface area contributed by atoms with Crippen LogP contribution in [-0.4, -0.2) is 65.7 Å². The highest BCUT2D eigenvalue weighted by Gasteiger charge is 2.93. The van der Waals surface area contributed by atoms with Crippen molar-refractivity contribution in [2.45, 2.75) is 41.7 Å². The lowest BCUT2D eigenvalue weighted by atomic mass is 9.91. The van der Waals surface area contributed by atoms with Gasteiger partial charge in [0.1, 0.15) is 0 Å². The number of rotatable bonds is 6. The lowest BCUT2D eigenvalue weighted by Gasteiger charge is -2.42. The number of thiocarbonyl (C=S) groups is 1. The lowest BCUT2D eigenvalue weighted by Crippen LogP contribution is -2.73. The molecule has 0 saturated carbocycles. The summed E-state index contributed by atoms with van der Waals surface area (Å²) in [5.74, 6) is -46.8. The van der Waals surface area contributed by atoms with Crippen LogP contribution in [0.15, 0.2) is 0 Å². The highest BCUT2D eigenvalue weighted by molar-refractivity contribution is 7.80. The van der Waals surface area contributed by atoms with Crippen LogP contribution in [0, 0.1) is 0 Å². The first-order valence-electron chi connectivity index (χ1n) is 5.91. The van der Waals surface area contributed by atoms with Crippen LogP contribution >= 0.6 is 12.2 Å². The largest absolute Gasteiger partial charge is 0.460 e. The molecule has 0 aromatic rings. The van der Waals surface area contributed by atoms with Gasteiger partial charge in [0.05, 0.1) is 0 Å². The van der Waals surface area contributed by atoms with E-state index in [9.17, 15) is 65.9 Å². The average molecular weight is 457 g/mol. The summed E-state index contributed by atoms with van der Waals surface area (Å²) >= 11 is 3.58. The van der Waals surface area contributed by atoms with Crippen LogP contribution in [0.5, 0.6) is 0 Å². The Hall–Kier alpha value is -1.16. The molecule has 0 saturated heterocycles. The first-order chi connectivity index (χ1) is 11.4. The molecule has 0 aliphatic heterocycles. The minimum Gasteiger partial charge on any atom is -0.367 e. The van der Waals surface area contributed by atoms with E-state index in [2.05, 4.69) is 12.2 Å². The van der Waals surface area contributed by atoms with Gasteiger partial charge in [0.25, 0.3) is 0 Å². The summed E-state index contributed by atoms with van der Waals surface area (Å²) in [5, 5.41) is 0. The maximum atomic E-state index is 13.4. The minimum atomic E-state index is -8.30. The monoisotopic (exact) mass is 457 g/mol. The van der Waals surface area contributed by atoms with Crippen molar-refractivity contribution in [1.82, 2.24) is 4.90 Å². The number of alkyl halides is 15. The second kappa shape index (κ2) is 6.43. The van der Waals surface area contributed by atoms with Crippen LogP contribution in [0.3, 0.4) is 0 Å². The first-order valence-corrected chi connectivity index (χ1v) is 6.32. The Morgan fingerprint density at radius 1 is 0.519 bits per heavy atom. The molecular weight excluding hydrogens is 451 g/mol. The topological polar surface area (TPSA) is 3.24 Å². The van der Waals surface area contributed by atoms with Gasteiger partial charge in [-0.05, 0) is 0 Å². The molecule has 17 heteroatoms. The third-order valence-electron chi connectivity index (χ3n) is 3.00. The number of halogens is 15. The summed E-state index contributed by atoms with van der Waals surface area (Å²) in [5.41, 5.74) is 0. The van der Waals surface area contributed by atoms with E-state index in [1.54, 1.807) is 0 Å². The Morgan fingerprint density at radius 3 is 1.04 bits per heavy atom. The van der Waals surface area contributed by atoms with E-state index in [0.29, 0.717) is 14.1 Å². The fourth-order valence-electron chi connectivity index (χ4n) is 1.38. The third kappa shape index (κ3) is 3.28. The first kappa shape index (κ1) is 25.8. The van der Waals surface area contributed by atoms with Gasteiger partial charge in [-0.2, -0.15) is 65.9 Å². The quantitative estimate of drug-likeness (QED) is 0.396. The fourth-order valence-corrected chi connectivity index (χ4v) is 1.51. The summed E-state index contributed by atoms with van der Waals surface area (Å²) in [6.07, 6.45) is -7.62. The Bertz CT molecular complexity index is 576. The zero-order chi connectivity index (χ0) is 22.7. The van der Waals surface area contributed by atoms with E-state index in [-0.39, 0.29) is 4.90 Å². The molecule has 0 spiro atoms. The van der Waals surface area contributed by atoms with E-state index in [0.717, 1.165) is 0 Å². The standard InChI is InChI=1S/C10H6F15NS/c1-26(2)3(27)4(11,12)5(13,14)6(15,16)7(17,18)8(19,20)9(21,22)10(23,24)25/h1-2H3. The van der Waals surface area contributed by atoms with Gasteiger partial charge in [-0.3, -0.25) is 0 Å². The van der Waals surface area contributed by atoms with Crippen molar-refractivity contribution >= 4 is 17.2 Å². The number of hydrogen-bond donors (Lipinski definition) is 0. The Morgan fingerprint density at radius 2 is 0.778 bits per heavy atom. The predicted octanol–water partition coefficient (Wildman–Crippen LogP) is 5.25. The average Bonchev–Trinajstić information content (AvgIpc) is 2.43. The Balaban J connectivity index is 6.60. The van der Waals surface area contributed by atoms with Gasteiger partial charge in [-0.1, -0.05) is 12.2 Å². The van der Waals surface area contributed by atoms with Crippen LogP contribution in [0.2, 0.25) is 0 Å². The highest BCUT2D eigenvalue weighted by Crippen LogP contribution is 2.62. The third-order valence-corrected chi connectivity index (χ3v) is 3.62. The summed E-state index contributed by atoms with van der Waals surface area (Å²) in [4.78, 5) is -2.73. The van der Waals surface area contributed by atoms with Crippen molar-refractivity contribution in [3.8, 4) is 0 Å². The molecule has 0 bridgehead atoms. The Kier molecular flexibility index (Phi) is 6.16.